The van der Waals surface area contributed by atoms with E-state index in [1.54, 1.807) is 35.7 Å². The molecule has 136 valence electrons. The molecule has 0 atom stereocenters. The van der Waals surface area contributed by atoms with Crippen LogP contribution >= 0.6 is 0 Å². The summed E-state index contributed by atoms with van der Waals surface area (Å²) < 4.78 is 1.68. The summed E-state index contributed by atoms with van der Waals surface area (Å²) in [6, 6.07) is 0.316. The first-order valence-corrected chi connectivity index (χ1v) is 8.74. The number of amides is 2. The van der Waals surface area contributed by atoms with Gasteiger partial charge in [-0.3, -0.25) is 9.36 Å². The highest BCUT2D eigenvalue weighted by Crippen LogP contribution is 2.33. The number of piperidine rings is 1. The van der Waals surface area contributed by atoms with Gasteiger partial charge in [-0.2, -0.15) is 0 Å². The van der Waals surface area contributed by atoms with E-state index in [2.05, 4.69) is 15.0 Å². The Bertz CT molecular complexity index is 779. The van der Waals surface area contributed by atoms with Gasteiger partial charge in [0.05, 0.1) is 5.56 Å². The zero-order valence-electron chi connectivity index (χ0n) is 14.2. The molecule has 2 amide bonds. The van der Waals surface area contributed by atoms with Crippen LogP contribution in [0.2, 0.25) is 0 Å². The monoisotopic (exact) mass is 356 g/mol. The molecule has 2 aliphatic rings. The molecule has 4 rings (SSSR count). The van der Waals surface area contributed by atoms with Crippen LogP contribution in [0.4, 0.5) is 4.79 Å². The molecule has 3 heterocycles. The highest BCUT2D eigenvalue weighted by molar-refractivity contribution is 5.94. The number of carbonyl (C=O) groups excluding carboxylic acids is 1. The van der Waals surface area contributed by atoms with E-state index in [1.807, 2.05) is 4.90 Å². The van der Waals surface area contributed by atoms with Crippen molar-refractivity contribution in [1.29, 1.82) is 0 Å². The maximum atomic E-state index is 13.0. The predicted molar refractivity (Wildman–Crippen MR) is 91.0 cm³/mol. The maximum absolute atomic E-state index is 13.0. The molecule has 1 aliphatic heterocycles. The van der Waals surface area contributed by atoms with Crippen molar-refractivity contribution in [2.75, 3.05) is 13.1 Å². The number of nitrogens with zero attached hydrogens (tertiary/aromatic N) is 6. The second kappa shape index (κ2) is 6.74. The summed E-state index contributed by atoms with van der Waals surface area (Å²) in [5.74, 6) is 0.394. The van der Waals surface area contributed by atoms with Gasteiger partial charge in [0, 0.05) is 50.0 Å². The standard InChI is InChI=1S/C17H20N6O3/c24-15(12-9-19-16(20-10-12)22-8-5-18-11-22)23(13-1-2-13)14-3-6-21(7-4-14)17(25)26/h5,8-11,13-14H,1-4,6-7H2,(H,25,26). The van der Waals surface area contributed by atoms with Crippen LogP contribution in [-0.4, -0.2) is 71.6 Å². The van der Waals surface area contributed by atoms with Gasteiger partial charge in [-0.25, -0.2) is 19.7 Å². The number of likely N-dealkylation sites (tertiary alicyclic amines) is 1. The SMILES string of the molecule is O=C(O)N1CCC(N(C(=O)c2cnc(-n3ccnc3)nc2)C2CC2)CC1. The van der Waals surface area contributed by atoms with E-state index in [0.29, 0.717) is 37.4 Å². The van der Waals surface area contributed by atoms with Crippen LogP contribution in [0.15, 0.2) is 31.1 Å². The minimum atomic E-state index is -0.892. The van der Waals surface area contributed by atoms with E-state index < -0.39 is 6.09 Å². The van der Waals surface area contributed by atoms with E-state index in [4.69, 9.17) is 5.11 Å². The molecule has 1 aliphatic carbocycles. The lowest BCUT2D eigenvalue weighted by Gasteiger charge is -2.37. The lowest BCUT2D eigenvalue weighted by molar-refractivity contribution is 0.0550. The zero-order valence-corrected chi connectivity index (χ0v) is 14.2. The molecular formula is C17H20N6O3. The smallest absolute Gasteiger partial charge is 0.407 e. The molecule has 0 unspecified atom stereocenters. The minimum Gasteiger partial charge on any atom is -0.465 e. The van der Waals surface area contributed by atoms with E-state index in [9.17, 15) is 9.59 Å². The van der Waals surface area contributed by atoms with Gasteiger partial charge in [-0.1, -0.05) is 0 Å². The molecule has 0 bridgehead atoms. The Morgan fingerprint density at radius 2 is 1.73 bits per heavy atom. The van der Waals surface area contributed by atoms with Crippen LogP contribution in [0, 0.1) is 0 Å². The average molecular weight is 356 g/mol. The van der Waals surface area contributed by atoms with Crippen LogP contribution in [0.3, 0.4) is 0 Å². The fraction of sp³-hybridized carbons (Fsp3) is 0.471. The van der Waals surface area contributed by atoms with Crippen molar-refractivity contribution in [3.63, 3.8) is 0 Å². The van der Waals surface area contributed by atoms with E-state index in [-0.39, 0.29) is 18.0 Å². The third-order valence-corrected chi connectivity index (χ3v) is 4.92. The number of imidazole rings is 1. The number of aromatic nitrogens is 4. The Morgan fingerprint density at radius 3 is 2.27 bits per heavy atom. The predicted octanol–water partition coefficient (Wildman–Crippen LogP) is 1.41. The normalized spacial score (nSPS) is 17.9. The van der Waals surface area contributed by atoms with Crippen molar-refractivity contribution in [1.82, 2.24) is 29.3 Å². The summed E-state index contributed by atoms with van der Waals surface area (Å²) in [6.45, 7) is 0.930. The van der Waals surface area contributed by atoms with E-state index >= 15 is 0 Å². The first-order chi connectivity index (χ1) is 12.6. The second-order valence-corrected chi connectivity index (χ2v) is 6.69. The maximum Gasteiger partial charge on any atom is 0.407 e. The highest BCUT2D eigenvalue weighted by atomic mass is 16.4. The van der Waals surface area contributed by atoms with Gasteiger partial charge < -0.3 is 14.9 Å². The van der Waals surface area contributed by atoms with Crippen molar-refractivity contribution in [2.45, 2.75) is 37.8 Å². The Morgan fingerprint density at radius 1 is 1.08 bits per heavy atom. The number of rotatable bonds is 4. The summed E-state index contributed by atoms with van der Waals surface area (Å²) in [5, 5.41) is 9.10. The number of hydrogen-bond acceptors (Lipinski definition) is 5. The average Bonchev–Trinajstić information content (AvgIpc) is 3.34. The Balaban J connectivity index is 1.48. The molecule has 0 aromatic carbocycles. The van der Waals surface area contributed by atoms with Gasteiger partial charge in [0.2, 0.25) is 5.95 Å². The zero-order chi connectivity index (χ0) is 18.1. The van der Waals surface area contributed by atoms with Gasteiger partial charge in [0.1, 0.15) is 6.33 Å². The molecule has 9 heteroatoms. The summed E-state index contributed by atoms with van der Waals surface area (Å²) in [6.07, 6.45) is 10.5. The summed E-state index contributed by atoms with van der Waals surface area (Å²) >= 11 is 0. The molecule has 9 nitrogen and oxygen atoms in total. The number of hydrogen-bond donors (Lipinski definition) is 1. The summed E-state index contributed by atoms with van der Waals surface area (Å²) in [7, 11) is 0. The molecule has 2 aromatic heterocycles. The van der Waals surface area contributed by atoms with Crippen LogP contribution in [-0.2, 0) is 0 Å². The van der Waals surface area contributed by atoms with Gasteiger partial charge in [0.25, 0.3) is 5.91 Å². The third-order valence-electron chi connectivity index (χ3n) is 4.92. The molecule has 2 aromatic rings. The van der Waals surface area contributed by atoms with Crippen LogP contribution < -0.4 is 0 Å². The van der Waals surface area contributed by atoms with Gasteiger partial charge in [-0.15, -0.1) is 0 Å². The lowest BCUT2D eigenvalue weighted by Crippen LogP contribution is -2.49. The minimum absolute atomic E-state index is 0.0684. The Kier molecular flexibility index (Phi) is 4.27. The second-order valence-electron chi connectivity index (χ2n) is 6.69. The molecule has 0 radical (unpaired) electrons. The summed E-state index contributed by atoms with van der Waals surface area (Å²) in [4.78, 5) is 39.9. The molecule has 0 spiro atoms. The first kappa shape index (κ1) is 16.5. The number of carboxylic acid groups (broad SMARTS) is 1. The van der Waals surface area contributed by atoms with Crippen molar-refractivity contribution >= 4 is 12.0 Å². The lowest BCUT2D eigenvalue weighted by atomic mass is 10.0. The molecule has 26 heavy (non-hydrogen) atoms. The molecule has 1 N–H and O–H groups in total. The van der Waals surface area contributed by atoms with Gasteiger partial charge >= 0.3 is 6.09 Å². The van der Waals surface area contributed by atoms with Gasteiger partial charge in [0.15, 0.2) is 0 Å². The van der Waals surface area contributed by atoms with Crippen LogP contribution in [0.25, 0.3) is 5.95 Å². The van der Waals surface area contributed by atoms with Crippen LogP contribution in [0.1, 0.15) is 36.0 Å². The molecule has 2 fully saturated rings. The fourth-order valence-corrected chi connectivity index (χ4v) is 3.41. The van der Waals surface area contributed by atoms with Gasteiger partial charge in [-0.05, 0) is 25.7 Å². The van der Waals surface area contributed by atoms with Crippen molar-refractivity contribution in [2.24, 2.45) is 0 Å². The Labute approximate surface area is 150 Å². The molecule has 1 saturated carbocycles. The quantitative estimate of drug-likeness (QED) is 0.888. The highest BCUT2D eigenvalue weighted by Gasteiger charge is 2.39. The van der Waals surface area contributed by atoms with E-state index in [0.717, 1.165) is 12.8 Å². The van der Waals surface area contributed by atoms with Crippen molar-refractivity contribution in [3.8, 4) is 5.95 Å². The summed E-state index contributed by atoms with van der Waals surface area (Å²) in [5.41, 5.74) is 0.460. The van der Waals surface area contributed by atoms with E-state index in [1.165, 1.54) is 4.90 Å². The third kappa shape index (κ3) is 3.24. The molecular weight excluding hydrogens is 336 g/mol. The topological polar surface area (TPSA) is 104 Å². The largest absolute Gasteiger partial charge is 0.465 e. The first-order valence-electron chi connectivity index (χ1n) is 8.74. The fourth-order valence-electron chi connectivity index (χ4n) is 3.41. The number of carbonyl (C=O) groups is 2. The Hall–Kier alpha value is -2.97. The van der Waals surface area contributed by atoms with Crippen LogP contribution in [0.5, 0.6) is 0 Å². The van der Waals surface area contributed by atoms with Crippen molar-refractivity contribution in [3.05, 3.63) is 36.7 Å². The van der Waals surface area contributed by atoms with Crippen molar-refractivity contribution < 1.29 is 14.7 Å². The molecule has 1 saturated heterocycles.